The lowest BCUT2D eigenvalue weighted by Crippen LogP contribution is -2.29. The topological polar surface area (TPSA) is 12.0 Å². The molecule has 0 saturated heterocycles. The molecule has 0 bridgehead atoms. The van der Waals surface area contributed by atoms with Gasteiger partial charge in [-0.1, -0.05) is 36.4 Å². The minimum absolute atomic E-state index is 0.406. The molecule has 0 fully saturated rings. The van der Waals surface area contributed by atoms with Gasteiger partial charge in [0.05, 0.1) is 0 Å². The molecule has 0 heterocycles. The quantitative estimate of drug-likeness (QED) is 0.779. The molecule has 1 aromatic carbocycles. The van der Waals surface area contributed by atoms with E-state index < -0.39 is 0 Å². The second kappa shape index (κ2) is 7.00. The van der Waals surface area contributed by atoms with Gasteiger partial charge >= 0.3 is 0 Å². The molecule has 1 rings (SSSR count). The van der Waals surface area contributed by atoms with Gasteiger partial charge in [-0.15, -0.1) is 11.8 Å². The fourth-order valence-electron chi connectivity index (χ4n) is 1.56. The normalized spacial score (nSPS) is 12.4. The van der Waals surface area contributed by atoms with Crippen LogP contribution in [0.2, 0.25) is 0 Å². The summed E-state index contributed by atoms with van der Waals surface area (Å²) in [7, 11) is 0. The third kappa shape index (κ3) is 4.60. The molecule has 1 aromatic rings. The van der Waals surface area contributed by atoms with Crippen molar-refractivity contribution >= 4 is 23.4 Å². The molecule has 0 aromatic heterocycles. The Morgan fingerprint density at radius 3 is 2.81 bits per heavy atom. The van der Waals surface area contributed by atoms with Crippen LogP contribution in [0.1, 0.15) is 12.5 Å². The first kappa shape index (κ1) is 13.6. The fraction of sp³-hybridized carbons (Fsp3) is 0.385. The van der Waals surface area contributed by atoms with Crippen molar-refractivity contribution in [2.24, 2.45) is 0 Å². The van der Waals surface area contributed by atoms with Crippen molar-refractivity contribution in [1.82, 2.24) is 5.32 Å². The maximum atomic E-state index is 5.72. The van der Waals surface area contributed by atoms with Crippen LogP contribution in [0.4, 0.5) is 0 Å². The van der Waals surface area contributed by atoms with Gasteiger partial charge in [0.15, 0.2) is 0 Å². The maximum Gasteiger partial charge on any atom is 0.0310 e. The molecule has 0 saturated carbocycles. The van der Waals surface area contributed by atoms with Crippen LogP contribution in [-0.2, 0) is 6.42 Å². The summed E-state index contributed by atoms with van der Waals surface area (Å²) >= 11 is 7.51. The van der Waals surface area contributed by atoms with Crippen molar-refractivity contribution in [2.45, 2.75) is 24.3 Å². The fourth-order valence-corrected chi connectivity index (χ4v) is 2.26. The van der Waals surface area contributed by atoms with E-state index in [0.717, 1.165) is 6.42 Å². The van der Waals surface area contributed by atoms with E-state index in [2.05, 4.69) is 49.3 Å². The van der Waals surface area contributed by atoms with Gasteiger partial charge in [0.2, 0.25) is 0 Å². The van der Waals surface area contributed by atoms with Crippen molar-refractivity contribution in [1.29, 1.82) is 0 Å². The minimum Gasteiger partial charge on any atom is -0.309 e. The largest absolute Gasteiger partial charge is 0.309 e. The van der Waals surface area contributed by atoms with Crippen LogP contribution >= 0.6 is 23.4 Å². The van der Waals surface area contributed by atoms with Crippen LogP contribution in [0.25, 0.3) is 0 Å². The van der Waals surface area contributed by atoms with E-state index in [1.54, 1.807) is 11.8 Å². The summed E-state index contributed by atoms with van der Waals surface area (Å²) in [6, 6.07) is 8.91. The van der Waals surface area contributed by atoms with Crippen molar-refractivity contribution in [3.8, 4) is 0 Å². The summed E-state index contributed by atoms with van der Waals surface area (Å²) < 4.78 is 0. The average Bonchev–Trinajstić information content (AvgIpc) is 2.27. The lowest BCUT2D eigenvalue weighted by atomic mass is 10.1. The van der Waals surface area contributed by atoms with Gasteiger partial charge in [-0.3, -0.25) is 0 Å². The first-order chi connectivity index (χ1) is 7.63. The Labute approximate surface area is 107 Å². The first-order valence-corrected chi connectivity index (χ1v) is 6.92. The van der Waals surface area contributed by atoms with Crippen LogP contribution in [0.5, 0.6) is 0 Å². The summed E-state index contributed by atoms with van der Waals surface area (Å²) in [5.74, 6) is 0. The number of hydrogen-bond donors (Lipinski definition) is 1. The highest BCUT2D eigenvalue weighted by molar-refractivity contribution is 7.98. The van der Waals surface area contributed by atoms with Crippen LogP contribution in [0.3, 0.4) is 0 Å². The average molecular weight is 256 g/mol. The summed E-state index contributed by atoms with van der Waals surface area (Å²) in [4.78, 5) is 1.35. The molecule has 0 aliphatic heterocycles. The molecule has 0 radical (unpaired) electrons. The molecule has 0 aliphatic rings. The molecule has 16 heavy (non-hydrogen) atoms. The zero-order valence-electron chi connectivity index (χ0n) is 9.79. The van der Waals surface area contributed by atoms with Gasteiger partial charge in [-0.05, 0) is 31.2 Å². The molecule has 0 aliphatic carbocycles. The second-order valence-corrected chi connectivity index (χ2v) is 5.20. The van der Waals surface area contributed by atoms with Gasteiger partial charge in [0.1, 0.15) is 0 Å². The van der Waals surface area contributed by atoms with E-state index in [9.17, 15) is 0 Å². The Kier molecular flexibility index (Phi) is 5.96. The first-order valence-electron chi connectivity index (χ1n) is 5.32. The molecule has 88 valence electrons. The summed E-state index contributed by atoms with van der Waals surface area (Å²) in [5.41, 5.74) is 1.38. The smallest absolute Gasteiger partial charge is 0.0310 e. The Morgan fingerprint density at radius 2 is 2.19 bits per heavy atom. The number of thioether (sulfide) groups is 1. The number of rotatable bonds is 6. The molecule has 1 nitrogen and oxygen atoms in total. The molecular formula is C13H18ClNS. The summed E-state index contributed by atoms with van der Waals surface area (Å²) in [6.45, 7) is 6.50. The highest BCUT2D eigenvalue weighted by atomic mass is 35.5. The van der Waals surface area contributed by atoms with Crippen molar-refractivity contribution in [2.75, 3.05) is 12.8 Å². The Morgan fingerprint density at radius 1 is 1.50 bits per heavy atom. The van der Waals surface area contributed by atoms with Crippen molar-refractivity contribution < 1.29 is 0 Å². The number of hydrogen-bond acceptors (Lipinski definition) is 2. The standard InChI is InChI=1S/C13H18ClNS/c1-10(14)9-15-11(2)8-12-6-4-5-7-13(12)16-3/h4-7,11,15H,1,8-9H2,2-3H3. The number of nitrogens with one attached hydrogen (secondary N) is 1. The predicted octanol–water partition coefficient (Wildman–Crippen LogP) is 3.68. The van der Waals surface area contributed by atoms with E-state index in [1.165, 1.54) is 10.5 Å². The molecule has 1 atom stereocenters. The Balaban J connectivity index is 2.55. The molecule has 1 unspecified atom stereocenters. The van der Waals surface area contributed by atoms with Gasteiger partial charge in [-0.25, -0.2) is 0 Å². The van der Waals surface area contributed by atoms with Crippen molar-refractivity contribution in [3.63, 3.8) is 0 Å². The third-order valence-corrected chi connectivity index (χ3v) is 3.33. The highest BCUT2D eigenvalue weighted by Gasteiger charge is 2.06. The van der Waals surface area contributed by atoms with Crippen molar-refractivity contribution in [3.05, 3.63) is 41.4 Å². The van der Waals surface area contributed by atoms with Gasteiger partial charge in [0, 0.05) is 22.5 Å². The number of halogens is 1. The van der Waals surface area contributed by atoms with Gasteiger partial charge in [-0.2, -0.15) is 0 Å². The second-order valence-electron chi connectivity index (χ2n) is 3.82. The third-order valence-electron chi connectivity index (χ3n) is 2.36. The molecular weight excluding hydrogens is 238 g/mol. The summed E-state index contributed by atoms with van der Waals surface area (Å²) in [5, 5.41) is 4.00. The molecule has 0 spiro atoms. The Bertz CT molecular complexity index is 352. The van der Waals surface area contributed by atoms with Gasteiger partial charge in [0.25, 0.3) is 0 Å². The highest BCUT2D eigenvalue weighted by Crippen LogP contribution is 2.21. The molecule has 0 amide bonds. The SMILES string of the molecule is C=C(Cl)CNC(C)Cc1ccccc1SC. The van der Waals surface area contributed by atoms with Crippen LogP contribution in [0.15, 0.2) is 40.8 Å². The zero-order chi connectivity index (χ0) is 12.0. The Hall–Kier alpha value is -0.440. The lowest BCUT2D eigenvalue weighted by molar-refractivity contribution is 0.575. The van der Waals surface area contributed by atoms with Crippen LogP contribution < -0.4 is 5.32 Å². The van der Waals surface area contributed by atoms with E-state index in [0.29, 0.717) is 17.6 Å². The lowest BCUT2D eigenvalue weighted by Gasteiger charge is -2.15. The predicted molar refractivity (Wildman–Crippen MR) is 74.4 cm³/mol. The monoisotopic (exact) mass is 255 g/mol. The molecule has 3 heteroatoms. The summed E-state index contributed by atoms with van der Waals surface area (Å²) in [6.07, 6.45) is 3.12. The van der Waals surface area contributed by atoms with Gasteiger partial charge < -0.3 is 5.32 Å². The van der Waals surface area contributed by atoms with Crippen LogP contribution in [-0.4, -0.2) is 18.8 Å². The van der Waals surface area contributed by atoms with E-state index >= 15 is 0 Å². The maximum absolute atomic E-state index is 5.72. The minimum atomic E-state index is 0.406. The van der Waals surface area contributed by atoms with E-state index in [1.807, 2.05) is 0 Å². The van der Waals surface area contributed by atoms with E-state index in [4.69, 9.17) is 11.6 Å². The van der Waals surface area contributed by atoms with Crippen LogP contribution in [0, 0.1) is 0 Å². The zero-order valence-corrected chi connectivity index (χ0v) is 11.4. The molecule has 1 N–H and O–H groups in total. The van der Waals surface area contributed by atoms with E-state index in [-0.39, 0.29) is 0 Å². The number of benzene rings is 1.